The van der Waals surface area contributed by atoms with Gasteiger partial charge in [0.1, 0.15) is 11.3 Å². The number of carboxylic acids is 2. The third-order valence-corrected chi connectivity index (χ3v) is 8.71. The van der Waals surface area contributed by atoms with Crippen molar-refractivity contribution in [2.45, 2.75) is 32.3 Å². The summed E-state index contributed by atoms with van der Waals surface area (Å²) in [4.78, 5) is 23.8. The van der Waals surface area contributed by atoms with Crippen molar-refractivity contribution < 1.29 is 24.9 Å². The van der Waals surface area contributed by atoms with E-state index < -0.39 is 29.4 Å². The molecule has 0 heterocycles. The number of hydrogen-bond acceptors (Lipinski definition) is 3. The van der Waals surface area contributed by atoms with E-state index in [1.54, 1.807) is 0 Å². The molecule has 1 aliphatic rings. The Labute approximate surface area is 161 Å². The summed E-state index contributed by atoms with van der Waals surface area (Å²) in [5, 5.41) is 29.5. The predicted molar refractivity (Wildman–Crippen MR) is 96.5 cm³/mol. The predicted octanol–water partition coefficient (Wildman–Crippen LogP) is 4.33. The van der Waals surface area contributed by atoms with Gasteiger partial charge in [0.25, 0.3) is 0 Å². The maximum Gasteiger partial charge on any atom is 0.316 e. The lowest BCUT2D eigenvalue weighted by molar-refractivity contribution is -0.159. The van der Waals surface area contributed by atoms with Crippen molar-refractivity contribution in [1.29, 1.82) is 0 Å². The quantitative estimate of drug-likeness (QED) is 0.443. The second kappa shape index (κ2) is 7.92. The van der Waals surface area contributed by atoms with Gasteiger partial charge in [-0.3, -0.25) is 9.59 Å². The van der Waals surface area contributed by atoms with E-state index in [9.17, 15) is 24.9 Å². The van der Waals surface area contributed by atoms with Gasteiger partial charge in [0, 0.05) is 17.9 Å². The van der Waals surface area contributed by atoms with Crippen LogP contribution in [0.5, 0.6) is 0 Å². The topological polar surface area (TPSA) is 94.8 Å². The molecular weight excluding hydrogens is 556 g/mol. The smallest absolute Gasteiger partial charge is 0.316 e. The Morgan fingerprint density at radius 3 is 2.14 bits per heavy atom. The van der Waals surface area contributed by atoms with E-state index in [2.05, 4.69) is 63.7 Å². The van der Waals surface area contributed by atoms with Crippen LogP contribution < -0.4 is 0 Å². The Bertz CT molecular complexity index is 557. The van der Waals surface area contributed by atoms with Crippen LogP contribution in [0.15, 0.2) is 17.9 Å². The molecule has 22 heavy (non-hydrogen) atoms. The Balaban J connectivity index is 3.56. The maximum atomic E-state index is 12.0. The molecule has 124 valence electrons. The van der Waals surface area contributed by atoms with Crippen molar-refractivity contribution in [1.82, 2.24) is 0 Å². The van der Waals surface area contributed by atoms with Crippen molar-refractivity contribution in [2.24, 2.45) is 11.3 Å². The highest BCUT2D eigenvalue weighted by Crippen LogP contribution is 2.57. The third-order valence-electron chi connectivity index (χ3n) is 3.54. The summed E-state index contributed by atoms with van der Waals surface area (Å²) < 4.78 is 1.22. The molecule has 0 aromatic rings. The van der Waals surface area contributed by atoms with Crippen LogP contribution in [0.3, 0.4) is 0 Å². The summed E-state index contributed by atoms with van der Waals surface area (Å²) in [7, 11) is 0. The molecule has 0 amide bonds. The third kappa shape index (κ3) is 3.53. The number of hydrogen-bond donors (Lipinski definition) is 3. The highest BCUT2D eigenvalue weighted by molar-refractivity contribution is 9.17. The van der Waals surface area contributed by atoms with Gasteiger partial charge in [-0.05, 0) is 44.7 Å². The summed E-state index contributed by atoms with van der Waals surface area (Å²) >= 11 is 12.9. The molecule has 3 unspecified atom stereocenters. The summed E-state index contributed by atoms with van der Waals surface area (Å²) in [6.45, 7) is 1.86. The normalized spacial score (nSPS) is 27.1. The van der Waals surface area contributed by atoms with Gasteiger partial charge in [-0.1, -0.05) is 45.2 Å². The minimum absolute atomic E-state index is 0.185. The molecule has 0 fully saturated rings. The molecule has 0 saturated heterocycles. The fourth-order valence-corrected chi connectivity index (χ4v) is 5.58. The van der Waals surface area contributed by atoms with Gasteiger partial charge in [0.15, 0.2) is 0 Å². The average molecular weight is 570 g/mol. The zero-order chi connectivity index (χ0) is 17.2. The number of rotatable bonds is 6. The van der Waals surface area contributed by atoms with Crippen molar-refractivity contribution in [3.8, 4) is 0 Å². The van der Waals surface area contributed by atoms with Crippen molar-refractivity contribution in [2.75, 3.05) is 0 Å². The number of aliphatic carboxylic acids is 2. The molecule has 1 aliphatic carbocycles. The van der Waals surface area contributed by atoms with Gasteiger partial charge >= 0.3 is 11.9 Å². The van der Waals surface area contributed by atoms with Crippen molar-refractivity contribution in [3.63, 3.8) is 0 Å². The van der Waals surface area contributed by atoms with E-state index in [1.165, 1.54) is 0 Å². The first kappa shape index (κ1) is 20.3. The Morgan fingerprint density at radius 2 is 1.73 bits per heavy atom. The monoisotopic (exact) mass is 566 g/mol. The van der Waals surface area contributed by atoms with Gasteiger partial charge in [-0.15, -0.1) is 0 Å². The van der Waals surface area contributed by atoms with Crippen LogP contribution in [0.25, 0.3) is 0 Å². The lowest BCUT2D eigenvalue weighted by atomic mass is 9.68. The molecule has 0 saturated carbocycles. The first-order chi connectivity index (χ1) is 10.1. The van der Waals surface area contributed by atoms with E-state index in [1.807, 2.05) is 6.92 Å². The number of carbonyl (C=O) groups is 2. The number of carboxylic acid groups (broad SMARTS) is 2. The molecule has 9 heteroatoms. The van der Waals surface area contributed by atoms with Gasteiger partial charge in [0.05, 0.1) is 6.10 Å². The molecule has 0 aromatic heterocycles. The Hall–Kier alpha value is 0.300. The van der Waals surface area contributed by atoms with Crippen molar-refractivity contribution in [3.05, 3.63) is 17.9 Å². The zero-order valence-corrected chi connectivity index (χ0v) is 17.8. The highest BCUT2D eigenvalue weighted by Gasteiger charge is 2.57. The molecule has 5 nitrogen and oxygen atoms in total. The minimum Gasteiger partial charge on any atom is -0.481 e. The van der Waals surface area contributed by atoms with Crippen LogP contribution in [-0.2, 0) is 9.59 Å². The largest absolute Gasteiger partial charge is 0.481 e. The van der Waals surface area contributed by atoms with Crippen molar-refractivity contribution >= 4 is 75.7 Å². The molecule has 1 rings (SSSR count). The molecule has 0 aromatic carbocycles. The van der Waals surface area contributed by atoms with Crippen LogP contribution in [0.4, 0.5) is 0 Å². The van der Waals surface area contributed by atoms with Crippen LogP contribution in [0, 0.1) is 11.3 Å². The summed E-state index contributed by atoms with van der Waals surface area (Å²) in [6.07, 6.45) is -0.0781. The van der Waals surface area contributed by atoms with Gasteiger partial charge in [0.2, 0.25) is 0 Å². The number of halogens is 4. The minimum atomic E-state index is -1.80. The first-order valence-electron chi connectivity index (χ1n) is 6.36. The summed E-state index contributed by atoms with van der Waals surface area (Å²) in [5.74, 6) is -3.95. The Kier molecular flexibility index (Phi) is 7.32. The molecule has 0 radical (unpaired) electrons. The number of aliphatic hydroxyl groups is 1. The second-order valence-corrected chi connectivity index (χ2v) is 8.22. The second-order valence-electron chi connectivity index (χ2n) is 4.98. The van der Waals surface area contributed by atoms with E-state index in [0.717, 1.165) is 0 Å². The molecule has 0 spiro atoms. The average Bonchev–Trinajstić information content (AvgIpc) is 2.42. The fourth-order valence-electron chi connectivity index (χ4n) is 2.51. The molecule has 3 N–H and O–H groups in total. The summed E-state index contributed by atoms with van der Waals surface area (Å²) in [6, 6.07) is 0. The lowest BCUT2D eigenvalue weighted by Crippen LogP contribution is -2.47. The fraction of sp³-hybridized carbons (Fsp3) is 0.538. The zero-order valence-electron chi connectivity index (χ0n) is 11.4. The summed E-state index contributed by atoms with van der Waals surface area (Å²) in [5.41, 5.74) is -1.80. The SMILES string of the molecule is CCCC(O)CC1(C(=O)O)C(Br)=C(Br)C(Br)=C(Br)C1C(=O)O. The Morgan fingerprint density at radius 1 is 1.18 bits per heavy atom. The van der Waals surface area contributed by atoms with Crippen LogP contribution in [0.1, 0.15) is 26.2 Å². The molecule has 0 bridgehead atoms. The van der Waals surface area contributed by atoms with Gasteiger partial charge < -0.3 is 15.3 Å². The molecule has 0 aliphatic heterocycles. The highest BCUT2D eigenvalue weighted by atomic mass is 79.9. The molecular formula is C13H14Br4O5. The van der Waals surface area contributed by atoms with E-state index in [4.69, 9.17) is 0 Å². The van der Waals surface area contributed by atoms with Gasteiger partial charge in [-0.2, -0.15) is 0 Å². The lowest BCUT2D eigenvalue weighted by Gasteiger charge is -2.40. The van der Waals surface area contributed by atoms with Crippen LogP contribution in [0.2, 0.25) is 0 Å². The molecule has 3 atom stereocenters. The number of aliphatic hydroxyl groups excluding tert-OH is 1. The van der Waals surface area contributed by atoms with Crippen LogP contribution >= 0.6 is 63.7 Å². The van der Waals surface area contributed by atoms with Crippen LogP contribution in [-0.4, -0.2) is 33.4 Å². The standard InChI is InChI=1S/C13H14Br4O5/c1-2-3-5(18)4-13(12(21)22)6(11(19)20)7(14)8(15)9(16)10(13)17/h5-6,18H,2-4H2,1H3,(H,19,20)(H,21,22). The maximum absolute atomic E-state index is 12.0. The van der Waals surface area contributed by atoms with Gasteiger partial charge in [-0.25, -0.2) is 0 Å². The first-order valence-corrected chi connectivity index (χ1v) is 9.53. The van der Waals surface area contributed by atoms with E-state index in [-0.39, 0.29) is 15.4 Å². The van der Waals surface area contributed by atoms with E-state index >= 15 is 0 Å². The van der Waals surface area contributed by atoms with E-state index in [0.29, 0.717) is 21.8 Å². The number of allylic oxidation sites excluding steroid dienone is 2.